The topological polar surface area (TPSA) is 39.7 Å². The van der Waals surface area contributed by atoms with Gasteiger partial charge in [-0.05, 0) is 11.6 Å². The predicted molar refractivity (Wildman–Crippen MR) is 73.1 cm³/mol. The summed E-state index contributed by atoms with van der Waals surface area (Å²) in [6, 6.07) is 3.47. The van der Waals surface area contributed by atoms with Crippen molar-refractivity contribution in [2.24, 2.45) is 0 Å². The van der Waals surface area contributed by atoms with Crippen molar-refractivity contribution in [2.75, 3.05) is 34.0 Å². The Morgan fingerprint density at radius 3 is 2.48 bits per heavy atom. The molecule has 0 spiro atoms. The Hall–Kier alpha value is -1.18. The highest BCUT2D eigenvalue weighted by Crippen LogP contribution is 2.37. The Kier molecular flexibility index (Phi) is 7.07. The fourth-order valence-electron chi connectivity index (χ4n) is 1.62. The monoisotopic (exact) mass is 327 g/mol. The zero-order valence-electron chi connectivity index (χ0n) is 11.7. The number of alkyl halides is 3. The summed E-state index contributed by atoms with van der Waals surface area (Å²) < 4.78 is 50.3. The van der Waals surface area contributed by atoms with Crippen LogP contribution in [0.1, 0.15) is 5.56 Å². The fraction of sp³-hybridized carbons (Fsp3) is 0.538. The van der Waals surface area contributed by atoms with E-state index in [9.17, 15) is 13.2 Å². The van der Waals surface area contributed by atoms with Crippen molar-refractivity contribution in [1.82, 2.24) is 5.32 Å². The van der Waals surface area contributed by atoms with E-state index in [0.717, 1.165) is 5.56 Å². The Bertz CT molecular complexity index is 455. The zero-order valence-corrected chi connectivity index (χ0v) is 12.5. The lowest BCUT2D eigenvalue weighted by Crippen LogP contribution is -2.23. The maximum absolute atomic E-state index is 11.8. The third-order valence-electron chi connectivity index (χ3n) is 2.57. The number of methoxy groups -OCH3 is 2. The maximum atomic E-state index is 11.8. The second kappa shape index (κ2) is 8.31. The van der Waals surface area contributed by atoms with Gasteiger partial charge in [0, 0.05) is 13.1 Å². The lowest BCUT2D eigenvalue weighted by atomic mass is 10.2. The minimum Gasteiger partial charge on any atom is -0.493 e. The van der Waals surface area contributed by atoms with Crippen molar-refractivity contribution in [3.63, 3.8) is 0 Å². The van der Waals surface area contributed by atoms with Crippen molar-refractivity contribution >= 4 is 11.6 Å². The van der Waals surface area contributed by atoms with Crippen LogP contribution in [0, 0.1) is 0 Å². The minimum absolute atomic E-state index is 0.0373. The molecule has 0 aliphatic carbocycles. The van der Waals surface area contributed by atoms with Crippen molar-refractivity contribution < 1.29 is 27.4 Å². The van der Waals surface area contributed by atoms with E-state index in [4.69, 9.17) is 21.1 Å². The first kappa shape index (κ1) is 17.9. The van der Waals surface area contributed by atoms with Crippen molar-refractivity contribution in [2.45, 2.75) is 12.7 Å². The van der Waals surface area contributed by atoms with Gasteiger partial charge in [-0.1, -0.05) is 17.7 Å². The Morgan fingerprint density at radius 1 is 1.19 bits per heavy atom. The molecule has 0 atom stereocenters. The molecule has 0 unspecified atom stereocenters. The molecule has 0 aromatic heterocycles. The molecular formula is C13H17ClF3NO3. The first-order valence-electron chi connectivity index (χ1n) is 6.13. The molecule has 8 heteroatoms. The van der Waals surface area contributed by atoms with Gasteiger partial charge < -0.3 is 19.5 Å². The van der Waals surface area contributed by atoms with Gasteiger partial charge in [-0.25, -0.2) is 0 Å². The smallest absolute Gasteiger partial charge is 0.411 e. The average Bonchev–Trinajstić information content (AvgIpc) is 2.42. The molecule has 0 saturated carbocycles. The van der Waals surface area contributed by atoms with E-state index in [1.165, 1.54) is 14.2 Å². The van der Waals surface area contributed by atoms with Crippen LogP contribution in [0.25, 0.3) is 0 Å². The molecule has 0 amide bonds. The van der Waals surface area contributed by atoms with Crippen LogP contribution in [0.4, 0.5) is 13.2 Å². The van der Waals surface area contributed by atoms with E-state index >= 15 is 0 Å². The molecule has 4 nitrogen and oxygen atoms in total. The van der Waals surface area contributed by atoms with Gasteiger partial charge in [-0.2, -0.15) is 13.2 Å². The third-order valence-corrected chi connectivity index (χ3v) is 2.98. The molecule has 21 heavy (non-hydrogen) atoms. The summed E-state index contributed by atoms with van der Waals surface area (Å²) in [6.07, 6.45) is -4.30. The fourth-order valence-corrected chi connectivity index (χ4v) is 1.92. The van der Waals surface area contributed by atoms with E-state index in [0.29, 0.717) is 23.1 Å². The van der Waals surface area contributed by atoms with Gasteiger partial charge in [0.2, 0.25) is 0 Å². The minimum atomic E-state index is -4.30. The number of hydrogen-bond acceptors (Lipinski definition) is 4. The highest BCUT2D eigenvalue weighted by molar-refractivity contribution is 6.33. The summed E-state index contributed by atoms with van der Waals surface area (Å²) in [6.45, 7) is -0.620. The maximum Gasteiger partial charge on any atom is 0.411 e. The van der Waals surface area contributed by atoms with Crippen LogP contribution in [-0.2, 0) is 11.3 Å². The van der Waals surface area contributed by atoms with Crippen LogP contribution in [0.3, 0.4) is 0 Å². The lowest BCUT2D eigenvalue weighted by Gasteiger charge is -2.13. The quantitative estimate of drug-likeness (QED) is 0.745. The second-order valence-corrected chi connectivity index (χ2v) is 4.50. The normalized spacial score (nSPS) is 11.5. The second-order valence-electron chi connectivity index (χ2n) is 4.12. The Labute approximate surface area is 126 Å². The summed E-state index contributed by atoms with van der Waals surface area (Å²) in [5.74, 6) is 0.937. The molecule has 120 valence electrons. The van der Waals surface area contributed by atoms with Crippen molar-refractivity contribution in [3.05, 3.63) is 22.7 Å². The standard InChI is InChI=1S/C13H17ClF3NO3/c1-19-10-4-3-9(11(14)12(10)20-2)7-18-5-6-21-8-13(15,16)17/h3-4,18H,5-8H2,1-2H3. The summed E-state index contributed by atoms with van der Waals surface area (Å²) >= 11 is 6.17. The summed E-state index contributed by atoms with van der Waals surface area (Å²) in [5, 5.41) is 3.35. The van der Waals surface area contributed by atoms with Crippen LogP contribution < -0.4 is 14.8 Å². The number of rotatable bonds is 8. The molecule has 0 saturated heterocycles. The van der Waals surface area contributed by atoms with E-state index in [1.54, 1.807) is 12.1 Å². The molecule has 0 fully saturated rings. The summed E-state index contributed by atoms with van der Waals surface area (Å²) in [5.41, 5.74) is 0.755. The molecule has 0 radical (unpaired) electrons. The van der Waals surface area contributed by atoms with Crippen LogP contribution in [0.15, 0.2) is 12.1 Å². The van der Waals surface area contributed by atoms with Gasteiger partial charge >= 0.3 is 6.18 Å². The first-order valence-corrected chi connectivity index (χ1v) is 6.51. The van der Waals surface area contributed by atoms with Crippen LogP contribution in [-0.4, -0.2) is 40.2 Å². The first-order chi connectivity index (χ1) is 9.89. The van der Waals surface area contributed by atoms with Gasteiger partial charge in [-0.15, -0.1) is 0 Å². The van der Waals surface area contributed by atoms with E-state index in [1.807, 2.05) is 0 Å². The van der Waals surface area contributed by atoms with Gasteiger partial charge in [0.05, 0.1) is 25.8 Å². The number of halogens is 4. The highest BCUT2D eigenvalue weighted by Gasteiger charge is 2.27. The number of ether oxygens (including phenoxy) is 3. The van der Waals surface area contributed by atoms with Crippen LogP contribution in [0.2, 0.25) is 5.02 Å². The molecule has 0 heterocycles. The van der Waals surface area contributed by atoms with E-state index < -0.39 is 12.8 Å². The molecule has 1 N–H and O–H groups in total. The molecule has 1 rings (SSSR count). The highest BCUT2D eigenvalue weighted by atomic mass is 35.5. The van der Waals surface area contributed by atoms with Crippen LogP contribution in [0.5, 0.6) is 11.5 Å². The van der Waals surface area contributed by atoms with Crippen molar-refractivity contribution in [3.8, 4) is 11.5 Å². The summed E-state index contributed by atoms with van der Waals surface area (Å²) in [7, 11) is 2.98. The third kappa shape index (κ3) is 5.99. The predicted octanol–water partition coefficient (Wildman–Crippen LogP) is 3.03. The zero-order chi connectivity index (χ0) is 15.9. The molecule has 0 bridgehead atoms. The van der Waals surface area contributed by atoms with Crippen molar-refractivity contribution in [1.29, 1.82) is 0 Å². The van der Waals surface area contributed by atoms with Gasteiger partial charge in [0.25, 0.3) is 0 Å². The molecular weight excluding hydrogens is 311 g/mol. The van der Waals surface area contributed by atoms with E-state index in [2.05, 4.69) is 10.1 Å². The van der Waals surface area contributed by atoms with E-state index in [-0.39, 0.29) is 13.2 Å². The van der Waals surface area contributed by atoms with Gasteiger partial charge in [-0.3, -0.25) is 0 Å². The SMILES string of the molecule is COc1ccc(CNCCOCC(F)(F)F)c(Cl)c1OC. The van der Waals surface area contributed by atoms with Gasteiger partial charge in [0.1, 0.15) is 6.61 Å². The summed E-state index contributed by atoms with van der Waals surface area (Å²) in [4.78, 5) is 0. The Balaban J connectivity index is 2.42. The molecule has 1 aromatic rings. The average molecular weight is 328 g/mol. The Morgan fingerprint density at radius 2 is 1.90 bits per heavy atom. The number of benzene rings is 1. The molecule has 1 aromatic carbocycles. The number of nitrogens with one attached hydrogen (secondary N) is 1. The van der Waals surface area contributed by atoms with Crippen LogP contribution >= 0.6 is 11.6 Å². The van der Waals surface area contributed by atoms with Gasteiger partial charge in [0.15, 0.2) is 11.5 Å². The largest absolute Gasteiger partial charge is 0.493 e. The molecule has 0 aliphatic heterocycles. The molecule has 0 aliphatic rings. The lowest BCUT2D eigenvalue weighted by molar-refractivity contribution is -0.173. The number of hydrogen-bond donors (Lipinski definition) is 1.